The third-order valence-corrected chi connectivity index (χ3v) is 2.92. The predicted octanol–water partition coefficient (Wildman–Crippen LogP) is 0.228. The van der Waals surface area contributed by atoms with E-state index >= 15 is 0 Å². The first kappa shape index (κ1) is 11.8. The summed E-state index contributed by atoms with van der Waals surface area (Å²) in [6.07, 6.45) is 2.56. The first-order chi connectivity index (χ1) is 8.24. The van der Waals surface area contributed by atoms with Crippen molar-refractivity contribution in [2.24, 2.45) is 5.84 Å². The molecule has 0 aromatic carbocycles. The molecule has 1 aromatic rings. The van der Waals surface area contributed by atoms with E-state index in [-0.39, 0.29) is 12.0 Å². The van der Waals surface area contributed by atoms with Crippen LogP contribution in [-0.4, -0.2) is 42.1 Å². The van der Waals surface area contributed by atoms with Gasteiger partial charge in [-0.1, -0.05) is 0 Å². The summed E-state index contributed by atoms with van der Waals surface area (Å²) in [5.41, 5.74) is 2.99. The number of hydrazine groups is 1. The van der Waals surface area contributed by atoms with Crippen molar-refractivity contribution in [2.75, 3.05) is 25.6 Å². The van der Waals surface area contributed by atoms with Gasteiger partial charge in [0.1, 0.15) is 5.82 Å². The number of aromatic nitrogens is 1. The molecule has 17 heavy (non-hydrogen) atoms. The van der Waals surface area contributed by atoms with Gasteiger partial charge >= 0.3 is 0 Å². The van der Waals surface area contributed by atoms with Crippen molar-refractivity contribution < 1.29 is 9.53 Å². The number of methoxy groups -OCH3 is 1. The average molecular weight is 236 g/mol. The van der Waals surface area contributed by atoms with Crippen LogP contribution in [0, 0.1) is 0 Å². The number of amides is 1. The van der Waals surface area contributed by atoms with Crippen LogP contribution in [0.5, 0.6) is 0 Å². The molecule has 1 fully saturated rings. The van der Waals surface area contributed by atoms with Gasteiger partial charge in [0, 0.05) is 26.4 Å². The fourth-order valence-electron chi connectivity index (χ4n) is 1.89. The van der Waals surface area contributed by atoms with E-state index < -0.39 is 0 Å². The van der Waals surface area contributed by atoms with Gasteiger partial charge in [0.2, 0.25) is 0 Å². The predicted molar refractivity (Wildman–Crippen MR) is 63.4 cm³/mol. The molecule has 1 unspecified atom stereocenters. The Bertz CT molecular complexity index is 393. The van der Waals surface area contributed by atoms with Crippen LogP contribution >= 0.6 is 0 Å². The number of carbonyl (C=O) groups is 1. The van der Waals surface area contributed by atoms with E-state index in [0.717, 1.165) is 13.0 Å². The number of pyridine rings is 1. The lowest BCUT2D eigenvalue weighted by Crippen LogP contribution is -2.30. The molecule has 2 rings (SSSR count). The Morgan fingerprint density at radius 3 is 3.00 bits per heavy atom. The molecule has 0 bridgehead atoms. The Labute approximate surface area is 99.7 Å². The number of carbonyl (C=O) groups excluding carboxylic acids is 1. The maximum atomic E-state index is 12.1. The third-order valence-electron chi connectivity index (χ3n) is 2.92. The van der Waals surface area contributed by atoms with Gasteiger partial charge in [-0.25, -0.2) is 10.8 Å². The number of likely N-dealkylation sites (tertiary alicyclic amines) is 1. The van der Waals surface area contributed by atoms with Crippen molar-refractivity contribution in [3.05, 3.63) is 23.9 Å². The lowest BCUT2D eigenvalue weighted by molar-refractivity contribution is 0.0724. The molecule has 0 radical (unpaired) electrons. The summed E-state index contributed by atoms with van der Waals surface area (Å²) >= 11 is 0. The van der Waals surface area contributed by atoms with E-state index in [4.69, 9.17) is 10.6 Å². The minimum absolute atomic E-state index is 0.0133. The summed E-state index contributed by atoms with van der Waals surface area (Å²) in [5, 5.41) is 0. The average Bonchev–Trinajstić information content (AvgIpc) is 2.87. The smallest absolute Gasteiger partial charge is 0.255 e. The number of rotatable bonds is 3. The summed E-state index contributed by atoms with van der Waals surface area (Å²) in [4.78, 5) is 17.9. The van der Waals surface area contributed by atoms with Gasteiger partial charge in [0.25, 0.3) is 5.91 Å². The van der Waals surface area contributed by atoms with Gasteiger partial charge in [-0.15, -0.1) is 0 Å². The van der Waals surface area contributed by atoms with Crippen LogP contribution in [0.2, 0.25) is 0 Å². The summed E-state index contributed by atoms with van der Waals surface area (Å²) < 4.78 is 5.23. The highest BCUT2D eigenvalue weighted by molar-refractivity contribution is 5.94. The molecule has 3 N–H and O–H groups in total. The van der Waals surface area contributed by atoms with Crippen LogP contribution in [0.25, 0.3) is 0 Å². The number of hydrogen-bond acceptors (Lipinski definition) is 5. The standard InChI is InChI=1S/C11H16N4O2/c1-17-9-4-5-15(7-9)11(16)8-2-3-10(14-12)13-6-8/h2-3,6,9H,4-5,7,12H2,1H3,(H,13,14). The van der Waals surface area contributed by atoms with Gasteiger partial charge in [-0.3, -0.25) is 4.79 Å². The SMILES string of the molecule is COC1CCN(C(=O)c2ccc(NN)nc2)C1. The fourth-order valence-corrected chi connectivity index (χ4v) is 1.89. The molecule has 6 nitrogen and oxygen atoms in total. The number of nitrogens with two attached hydrogens (primary N) is 1. The molecule has 6 heteroatoms. The molecule has 1 saturated heterocycles. The van der Waals surface area contributed by atoms with E-state index in [1.807, 2.05) is 0 Å². The highest BCUT2D eigenvalue weighted by Gasteiger charge is 2.26. The highest BCUT2D eigenvalue weighted by atomic mass is 16.5. The number of hydrogen-bond donors (Lipinski definition) is 2. The van der Waals surface area contributed by atoms with E-state index in [9.17, 15) is 4.79 Å². The number of ether oxygens (including phenoxy) is 1. The molecular weight excluding hydrogens is 220 g/mol. The molecule has 0 aliphatic carbocycles. The van der Waals surface area contributed by atoms with E-state index in [2.05, 4.69) is 10.4 Å². The molecule has 1 aliphatic heterocycles. The summed E-state index contributed by atoms with van der Waals surface area (Å²) in [6, 6.07) is 3.39. The largest absolute Gasteiger partial charge is 0.380 e. The van der Waals surface area contributed by atoms with Gasteiger partial charge in [-0.05, 0) is 18.6 Å². The second-order valence-corrected chi connectivity index (χ2v) is 3.97. The van der Waals surface area contributed by atoms with Crippen LogP contribution in [0.4, 0.5) is 5.82 Å². The molecular formula is C11H16N4O2. The first-order valence-electron chi connectivity index (χ1n) is 5.49. The number of nitrogens with zero attached hydrogens (tertiary/aromatic N) is 2. The van der Waals surface area contributed by atoms with Crippen molar-refractivity contribution in [1.29, 1.82) is 0 Å². The quantitative estimate of drug-likeness (QED) is 0.580. The molecule has 0 saturated carbocycles. The van der Waals surface area contributed by atoms with Crippen LogP contribution < -0.4 is 11.3 Å². The van der Waals surface area contributed by atoms with Gasteiger partial charge in [0.15, 0.2) is 0 Å². The zero-order valence-electron chi connectivity index (χ0n) is 9.72. The fraction of sp³-hybridized carbons (Fsp3) is 0.455. The zero-order chi connectivity index (χ0) is 12.3. The Morgan fingerprint density at radius 2 is 2.47 bits per heavy atom. The summed E-state index contributed by atoms with van der Waals surface area (Å²) in [6.45, 7) is 1.38. The number of anilines is 1. The normalized spacial score (nSPS) is 19.4. The second kappa shape index (κ2) is 5.11. The van der Waals surface area contributed by atoms with Crippen molar-refractivity contribution in [2.45, 2.75) is 12.5 Å². The Kier molecular flexibility index (Phi) is 3.55. The Morgan fingerprint density at radius 1 is 1.65 bits per heavy atom. The molecule has 1 atom stereocenters. The molecule has 92 valence electrons. The summed E-state index contributed by atoms with van der Waals surface area (Å²) in [5.74, 6) is 5.74. The minimum Gasteiger partial charge on any atom is -0.380 e. The first-order valence-corrected chi connectivity index (χ1v) is 5.49. The monoisotopic (exact) mass is 236 g/mol. The molecule has 1 aromatic heterocycles. The van der Waals surface area contributed by atoms with Crippen LogP contribution in [0.1, 0.15) is 16.8 Å². The van der Waals surface area contributed by atoms with Gasteiger partial charge in [-0.2, -0.15) is 0 Å². The Hall–Kier alpha value is -1.66. The van der Waals surface area contributed by atoms with Crippen LogP contribution in [0.3, 0.4) is 0 Å². The van der Waals surface area contributed by atoms with Crippen LogP contribution in [-0.2, 0) is 4.74 Å². The van der Waals surface area contributed by atoms with Crippen molar-refractivity contribution in [3.8, 4) is 0 Å². The van der Waals surface area contributed by atoms with E-state index in [1.54, 1.807) is 24.1 Å². The maximum absolute atomic E-state index is 12.1. The number of nitrogen functional groups attached to an aromatic ring is 1. The topological polar surface area (TPSA) is 80.5 Å². The van der Waals surface area contributed by atoms with Gasteiger partial charge in [0.05, 0.1) is 11.7 Å². The molecule has 1 amide bonds. The van der Waals surface area contributed by atoms with Crippen LogP contribution in [0.15, 0.2) is 18.3 Å². The lowest BCUT2D eigenvalue weighted by Gasteiger charge is -2.16. The van der Waals surface area contributed by atoms with Crippen molar-refractivity contribution >= 4 is 11.7 Å². The van der Waals surface area contributed by atoms with Crippen molar-refractivity contribution in [3.63, 3.8) is 0 Å². The third kappa shape index (κ3) is 2.54. The maximum Gasteiger partial charge on any atom is 0.255 e. The van der Waals surface area contributed by atoms with E-state index in [0.29, 0.717) is 17.9 Å². The Balaban J connectivity index is 2.04. The van der Waals surface area contributed by atoms with E-state index in [1.165, 1.54) is 6.20 Å². The second-order valence-electron chi connectivity index (χ2n) is 3.97. The molecule has 0 spiro atoms. The minimum atomic E-state index is -0.0133. The van der Waals surface area contributed by atoms with Gasteiger partial charge < -0.3 is 15.1 Å². The molecule has 2 heterocycles. The molecule has 1 aliphatic rings. The van der Waals surface area contributed by atoms with Crippen molar-refractivity contribution in [1.82, 2.24) is 9.88 Å². The lowest BCUT2D eigenvalue weighted by atomic mass is 10.2. The highest BCUT2D eigenvalue weighted by Crippen LogP contribution is 2.15. The number of nitrogens with one attached hydrogen (secondary N) is 1. The summed E-state index contributed by atoms with van der Waals surface area (Å²) in [7, 11) is 1.67. The zero-order valence-corrected chi connectivity index (χ0v) is 9.72.